The van der Waals surface area contributed by atoms with E-state index in [1.54, 1.807) is 29.2 Å². The average molecular weight is 561 g/mol. The predicted molar refractivity (Wildman–Crippen MR) is 152 cm³/mol. The first-order valence-corrected chi connectivity index (χ1v) is 13.6. The molecule has 1 fully saturated rings. The average Bonchev–Trinajstić information content (AvgIpc) is 3.56. The molecule has 0 N–H and O–H groups in total. The molecule has 3 aromatic carbocycles. The van der Waals surface area contributed by atoms with Crippen LogP contribution in [0.25, 0.3) is 6.08 Å². The van der Waals surface area contributed by atoms with Gasteiger partial charge in [0.25, 0.3) is 5.91 Å². The first-order chi connectivity index (χ1) is 19.5. The summed E-state index contributed by atoms with van der Waals surface area (Å²) >= 11 is 1.30. The minimum atomic E-state index is -0.416. The number of thioether (sulfide) groups is 1. The Labute approximate surface area is 236 Å². The van der Waals surface area contributed by atoms with E-state index in [0.29, 0.717) is 58.3 Å². The minimum absolute atomic E-state index is 0.126. The number of amides is 1. The Hall–Kier alpha value is -4.44. The molecule has 1 amide bonds. The van der Waals surface area contributed by atoms with Crippen LogP contribution in [0.5, 0.6) is 23.0 Å². The summed E-state index contributed by atoms with van der Waals surface area (Å²) in [5, 5.41) is 0.568. The number of amidine groups is 1. The standard InChI is InChI=1S/C30H28N2O7S/c1-4-32-28(33)27(40-30(32)31-22-10-8-21(9-11-22)29(34)35-3)16-19-6-12-23(25(14-19)36-5-2)37-17-20-7-13-24-26(15-20)39-18-38-24/h6-16H,4-5,17-18H2,1-3H3/b27-16+,31-30?. The van der Waals surface area contributed by atoms with Gasteiger partial charge in [0, 0.05) is 6.54 Å². The molecule has 206 valence electrons. The van der Waals surface area contributed by atoms with Gasteiger partial charge in [-0.1, -0.05) is 12.1 Å². The van der Waals surface area contributed by atoms with E-state index in [-0.39, 0.29) is 12.7 Å². The fraction of sp³-hybridized carbons (Fsp3) is 0.233. The zero-order chi connectivity index (χ0) is 28.1. The van der Waals surface area contributed by atoms with Gasteiger partial charge in [0.05, 0.1) is 29.9 Å². The van der Waals surface area contributed by atoms with Crippen LogP contribution in [0.4, 0.5) is 5.69 Å². The molecule has 2 aliphatic rings. The molecule has 5 rings (SSSR count). The van der Waals surface area contributed by atoms with Crippen molar-refractivity contribution >= 4 is 40.6 Å². The summed E-state index contributed by atoms with van der Waals surface area (Å²) in [6.07, 6.45) is 1.82. The molecule has 0 atom stereocenters. The second-order valence-corrected chi connectivity index (χ2v) is 9.72. The van der Waals surface area contributed by atoms with Gasteiger partial charge in [-0.25, -0.2) is 9.79 Å². The molecule has 0 saturated carbocycles. The fourth-order valence-corrected chi connectivity index (χ4v) is 5.18. The number of esters is 1. The van der Waals surface area contributed by atoms with E-state index in [0.717, 1.165) is 16.9 Å². The SMILES string of the molecule is CCOc1cc(/C=C2/SC(=Nc3ccc(C(=O)OC)cc3)N(CC)C2=O)ccc1OCc1ccc2c(c1)OCO2. The summed E-state index contributed by atoms with van der Waals surface area (Å²) in [5.74, 6) is 2.06. The summed E-state index contributed by atoms with van der Waals surface area (Å²) in [7, 11) is 1.34. The summed E-state index contributed by atoms with van der Waals surface area (Å²) < 4.78 is 27.5. The Morgan fingerprint density at radius 1 is 1.00 bits per heavy atom. The predicted octanol–water partition coefficient (Wildman–Crippen LogP) is 5.80. The highest BCUT2D eigenvalue weighted by molar-refractivity contribution is 8.18. The highest BCUT2D eigenvalue weighted by Crippen LogP contribution is 2.37. The van der Waals surface area contributed by atoms with E-state index in [1.807, 2.05) is 56.3 Å². The fourth-order valence-electron chi connectivity index (χ4n) is 4.12. The summed E-state index contributed by atoms with van der Waals surface area (Å²) in [6.45, 7) is 5.29. The molecule has 2 heterocycles. The van der Waals surface area contributed by atoms with Crippen LogP contribution in [-0.4, -0.2) is 49.0 Å². The van der Waals surface area contributed by atoms with Gasteiger partial charge in [-0.3, -0.25) is 9.69 Å². The highest BCUT2D eigenvalue weighted by Gasteiger charge is 2.32. The molecular formula is C30H28N2O7S. The number of fused-ring (bicyclic) bond motifs is 1. The van der Waals surface area contributed by atoms with Crippen molar-refractivity contribution in [3.8, 4) is 23.0 Å². The number of likely N-dealkylation sites (N-methyl/N-ethyl adjacent to an activating group) is 1. The molecule has 9 nitrogen and oxygen atoms in total. The van der Waals surface area contributed by atoms with Gasteiger partial charge in [-0.05, 0) is 91.3 Å². The Morgan fingerprint density at radius 3 is 2.55 bits per heavy atom. The van der Waals surface area contributed by atoms with Gasteiger partial charge in [0.2, 0.25) is 6.79 Å². The largest absolute Gasteiger partial charge is 0.490 e. The Bertz CT molecular complexity index is 1480. The second kappa shape index (κ2) is 12.2. The number of carbonyl (C=O) groups is 2. The van der Waals surface area contributed by atoms with Gasteiger partial charge >= 0.3 is 5.97 Å². The van der Waals surface area contributed by atoms with E-state index < -0.39 is 5.97 Å². The van der Waals surface area contributed by atoms with Gasteiger partial charge in [0.15, 0.2) is 28.2 Å². The molecule has 3 aromatic rings. The molecule has 2 aliphatic heterocycles. The highest BCUT2D eigenvalue weighted by atomic mass is 32.2. The van der Waals surface area contributed by atoms with Crippen LogP contribution >= 0.6 is 11.8 Å². The normalized spacial score (nSPS) is 16.1. The molecule has 10 heteroatoms. The number of rotatable bonds is 9. The van der Waals surface area contributed by atoms with Crippen molar-refractivity contribution in [1.82, 2.24) is 4.90 Å². The van der Waals surface area contributed by atoms with Crippen molar-refractivity contribution in [2.75, 3.05) is 27.1 Å². The van der Waals surface area contributed by atoms with Gasteiger partial charge in [-0.15, -0.1) is 0 Å². The van der Waals surface area contributed by atoms with E-state index in [1.165, 1.54) is 18.9 Å². The Morgan fingerprint density at radius 2 is 1.80 bits per heavy atom. The van der Waals surface area contributed by atoms with Crippen LogP contribution in [0.2, 0.25) is 0 Å². The number of hydrogen-bond acceptors (Lipinski definition) is 9. The van der Waals surface area contributed by atoms with Crippen molar-refractivity contribution in [2.24, 2.45) is 4.99 Å². The van der Waals surface area contributed by atoms with Crippen molar-refractivity contribution in [3.63, 3.8) is 0 Å². The molecule has 0 radical (unpaired) electrons. The zero-order valence-corrected chi connectivity index (χ0v) is 23.2. The summed E-state index contributed by atoms with van der Waals surface area (Å²) in [4.78, 5) is 31.7. The van der Waals surface area contributed by atoms with Crippen molar-refractivity contribution < 1.29 is 33.3 Å². The van der Waals surface area contributed by atoms with Crippen molar-refractivity contribution in [3.05, 3.63) is 82.3 Å². The maximum Gasteiger partial charge on any atom is 0.337 e. The van der Waals surface area contributed by atoms with Crippen LogP contribution in [0.1, 0.15) is 35.3 Å². The van der Waals surface area contributed by atoms with E-state index >= 15 is 0 Å². The lowest BCUT2D eigenvalue weighted by molar-refractivity contribution is -0.122. The van der Waals surface area contributed by atoms with Crippen molar-refractivity contribution in [2.45, 2.75) is 20.5 Å². The Kier molecular flexibility index (Phi) is 8.26. The molecule has 1 saturated heterocycles. The molecule has 0 aliphatic carbocycles. The molecule has 0 bridgehead atoms. The number of methoxy groups -OCH3 is 1. The van der Waals surface area contributed by atoms with Gasteiger partial charge < -0.3 is 23.7 Å². The first-order valence-electron chi connectivity index (χ1n) is 12.8. The maximum atomic E-state index is 13.2. The number of carbonyl (C=O) groups excluding carboxylic acids is 2. The number of ether oxygens (including phenoxy) is 5. The topological polar surface area (TPSA) is 95.9 Å². The quantitative estimate of drug-likeness (QED) is 0.239. The van der Waals surface area contributed by atoms with Crippen LogP contribution in [0.3, 0.4) is 0 Å². The van der Waals surface area contributed by atoms with Crippen molar-refractivity contribution in [1.29, 1.82) is 0 Å². The van der Waals surface area contributed by atoms with Crippen LogP contribution < -0.4 is 18.9 Å². The third kappa shape index (κ3) is 5.91. The lowest BCUT2D eigenvalue weighted by Gasteiger charge is -2.13. The number of hydrogen-bond donors (Lipinski definition) is 0. The molecule has 0 unspecified atom stereocenters. The monoisotopic (exact) mass is 560 g/mol. The first kappa shape index (κ1) is 27.1. The number of nitrogens with zero attached hydrogens (tertiary/aromatic N) is 2. The van der Waals surface area contributed by atoms with E-state index in [4.69, 9.17) is 23.7 Å². The molecular weight excluding hydrogens is 532 g/mol. The summed E-state index contributed by atoms with van der Waals surface area (Å²) in [6, 6.07) is 18.0. The third-order valence-corrected chi connectivity index (χ3v) is 7.12. The summed E-state index contributed by atoms with van der Waals surface area (Å²) in [5.41, 5.74) is 2.81. The second-order valence-electron chi connectivity index (χ2n) is 8.71. The smallest absolute Gasteiger partial charge is 0.337 e. The zero-order valence-electron chi connectivity index (χ0n) is 22.3. The molecule has 0 spiro atoms. The van der Waals surface area contributed by atoms with Crippen LogP contribution in [0.15, 0.2) is 70.6 Å². The van der Waals surface area contributed by atoms with Crippen LogP contribution in [-0.2, 0) is 16.1 Å². The lowest BCUT2D eigenvalue weighted by atomic mass is 10.1. The van der Waals surface area contributed by atoms with E-state index in [2.05, 4.69) is 4.99 Å². The molecule has 40 heavy (non-hydrogen) atoms. The maximum absolute atomic E-state index is 13.2. The number of benzene rings is 3. The third-order valence-electron chi connectivity index (χ3n) is 6.11. The van der Waals surface area contributed by atoms with E-state index in [9.17, 15) is 9.59 Å². The van der Waals surface area contributed by atoms with Gasteiger partial charge in [-0.2, -0.15) is 0 Å². The number of aliphatic imine (C=N–C) groups is 1. The van der Waals surface area contributed by atoms with Gasteiger partial charge in [0.1, 0.15) is 6.61 Å². The lowest BCUT2D eigenvalue weighted by Crippen LogP contribution is -2.28. The van der Waals surface area contributed by atoms with Crippen LogP contribution in [0, 0.1) is 0 Å². The minimum Gasteiger partial charge on any atom is -0.490 e. The molecule has 0 aromatic heterocycles. The Balaban J connectivity index is 1.33.